The summed E-state index contributed by atoms with van der Waals surface area (Å²) >= 11 is 0. The van der Waals surface area contributed by atoms with E-state index in [2.05, 4.69) is 33.0 Å². The Labute approximate surface area is 88.4 Å². The first-order valence-electron chi connectivity index (χ1n) is 5.96. The summed E-state index contributed by atoms with van der Waals surface area (Å²) in [6.45, 7) is 10.1. The van der Waals surface area contributed by atoms with Crippen LogP contribution in [0.3, 0.4) is 0 Å². The zero-order valence-electron chi connectivity index (χ0n) is 10.0. The van der Waals surface area contributed by atoms with Gasteiger partial charge in [0.25, 0.3) is 0 Å². The minimum atomic E-state index is 0.422. The Morgan fingerprint density at radius 2 is 2.07 bits per heavy atom. The quantitative estimate of drug-likeness (QED) is 0.751. The molecular formula is C12H25NO. The highest BCUT2D eigenvalue weighted by Gasteiger charge is 2.20. The molecule has 1 aliphatic heterocycles. The van der Waals surface area contributed by atoms with Gasteiger partial charge in [-0.25, -0.2) is 0 Å². The maximum atomic E-state index is 6.03. The molecule has 0 aliphatic carbocycles. The molecule has 1 heterocycles. The third-order valence-electron chi connectivity index (χ3n) is 2.80. The van der Waals surface area contributed by atoms with Crippen LogP contribution < -0.4 is 5.32 Å². The van der Waals surface area contributed by atoms with Gasteiger partial charge in [0.2, 0.25) is 0 Å². The van der Waals surface area contributed by atoms with Crippen molar-refractivity contribution in [1.29, 1.82) is 0 Å². The van der Waals surface area contributed by atoms with Gasteiger partial charge in [-0.1, -0.05) is 13.8 Å². The smallest absolute Gasteiger partial charge is 0.0605 e. The lowest BCUT2D eigenvalue weighted by atomic mass is 10.0. The molecule has 2 heteroatoms. The summed E-state index contributed by atoms with van der Waals surface area (Å²) in [6.07, 6.45) is 4.43. The van der Waals surface area contributed by atoms with E-state index in [1.54, 1.807) is 0 Å². The van der Waals surface area contributed by atoms with Gasteiger partial charge in [0.15, 0.2) is 0 Å². The van der Waals surface area contributed by atoms with Crippen LogP contribution in [-0.4, -0.2) is 24.8 Å². The van der Waals surface area contributed by atoms with Crippen molar-refractivity contribution >= 4 is 0 Å². The highest BCUT2D eigenvalue weighted by molar-refractivity contribution is 4.76. The van der Waals surface area contributed by atoms with Crippen molar-refractivity contribution in [3.63, 3.8) is 0 Å². The fourth-order valence-electron chi connectivity index (χ4n) is 2.26. The second kappa shape index (κ2) is 5.72. The van der Waals surface area contributed by atoms with E-state index in [4.69, 9.17) is 4.74 Å². The lowest BCUT2D eigenvalue weighted by molar-refractivity contribution is -0.0318. The van der Waals surface area contributed by atoms with Crippen LogP contribution in [0.4, 0.5) is 0 Å². The molecule has 0 bridgehead atoms. The van der Waals surface area contributed by atoms with E-state index in [0.717, 1.165) is 12.5 Å². The first-order valence-corrected chi connectivity index (χ1v) is 5.96. The first-order chi connectivity index (χ1) is 6.58. The average Bonchev–Trinajstić information content (AvgIpc) is 2.01. The van der Waals surface area contributed by atoms with Gasteiger partial charge in [0, 0.05) is 6.04 Å². The zero-order valence-corrected chi connectivity index (χ0v) is 10.0. The van der Waals surface area contributed by atoms with Gasteiger partial charge in [0.05, 0.1) is 12.2 Å². The number of ether oxygens (including phenoxy) is 1. The summed E-state index contributed by atoms with van der Waals surface area (Å²) in [5, 5.41) is 3.45. The van der Waals surface area contributed by atoms with Gasteiger partial charge in [-0.05, 0) is 45.6 Å². The van der Waals surface area contributed by atoms with Crippen LogP contribution in [0.25, 0.3) is 0 Å². The lowest BCUT2D eigenvalue weighted by Gasteiger charge is -2.30. The summed E-state index contributed by atoms with van der Waals surface area (Å²) in [6, 6.07) is 0.625. The molecule has 84 valence electrons. The Hall–Kier alpha value is -0.0800. The maximum absolute atomic E-state index is 6.03. The van der Waals surface area contributed by atoms with Gasteiger partial charge in [-0.2, -0.15) is 0 Å². The second-order valence-electron chi connectivity index (χ2n) is 5.08. The molecule has 1 rings (SSSR count). The molecule has 0 spiro atoms. The molecule has 1 N–H and O–H groups in total. The van der Waals surface area contributed by atoms with Crippen molar-refractivity contribution in [2.24, 2.45) is 5.92 Å². The number of rotatable bonds is 4. The molecule has 3 atom stereocenters. The van der Waals surface area contributed by atoms with Crippen LogP contribution in [-0.2, 0) is 4.74 Å². The fourth-order valence-corrected chi connectivity index (χ4v) is 2.26. The predicted octanol–water partition coefficient (Wildman–Crippen LogP) is 2.58. The highest BCUT2D eigenvalue weighted by atomic mass is 16.5. The first kappa shape index (κ1) is 12.0. The predicted molar refractivity (Wildman–Crippen MR) is 60.5 cm³/mol. The average molecular weight is 199 g/mol. The Bertz CT molecular complexity index is 158. The maximum Gasteiger partial charge on any atom is 0.0605 e. The molecule has 0 radical (unpaired) electrons. The molecule has 2 nitrogen and oxygen atoms in total. The van der Waals surface area contributed by atoms with E-state index in [0.29, 0.717) is 18.2 Å². The third-order valence-corrected chi connectivity index (χ3v) is 2.80. The number of nitrogens with one attached hydrogen (secondary N) is 1. The van der Waals surface area contributed by atoms with E-state index < -0.39 is 0 Å². The van der Waals surface area contributed by atoms with Crippen molar-refractivity contribution in [3.8, 4) is 0 Å². The van der Waals surface area contributed by atoms with Crippen LogP contribution in [0, 0.1) is 5.92 Å². The van der Waals surface area contributed by atoms with E-state index >= 15 is 0 Å². The molecule has 0 aromatic heterocycles. The van der Waals surface area contributed by atoms with Crippen LogP contribution in [0.2, 0.25) is 0 Å². The second-order valence-corrected chi connectivity index (χ2v) is 5.08. The molecule has 0 saturated carbocycles. The largest absolute Gasteiger partial charge is 0.375 e. The Balaban J connectivity index is 2.21. The molecular weight excluding hydrogens is 174 g/mol. The van der Waals surface area contributed by atoms with E-state index in [9.17, 15) is 0 Å². The standard InChI is InChI=1S/C12H25NO/c1-9(2)7-11(4)14-12-5-6-13-10(3)8-12/h9-13H,5-8H2,1-4H3. The summed E-state index contributed by atoms with van der Waals surface area (Å²) in [5.41, 5.74) is 0. The summed E-state index contributed by atoms with van der Waals surface area (Å²) in [4.78, 5) is 0. The normalized spacial score (nSPS) is 30.6. The molecule has 0 aromatic rings. The zero-order chi connectivity index (χ0) is 10.6. The molecule has 1 aliphatic rings. The number of hydrogen-bond acceptors (Lipinski definition) is 2. The fraction of sp³-hybridized carbons (Fsp3) is 1.00. The Kier molecular flexibility index (Phi) is 4.90. The van der Waals surface area contributed by atoms with E-state index in [1.165, 1.54) is 19.3 Å². The van der Waals surface area contributed by atoms with Gasteiger partial charge in [0.1, 0.15) is 0 Å². The van der Waals surface area contributed by atoms with Crippen LogP contribution in [0.15, 0.2) is 0 Å². The third kappa shape index (κ3) is 4.43. The Morgan fingerprint density at radius 3 is 2.64 bits per heavy atom. The van der Waals surface area contributed by atoms with Gasteiger partial charge >= 0.3 is 0 Å². The van der Waals surface area contributed by atoms with Gasteiger partial charge in [-0.15, -0.1) is 0 Å². The van der Waals surface area contributed by atoms with Gasteiger partial charge in [-0.3, -0.25) is 0 Å². The lowest BCUT2D eigenvalue weighted by Crippen LogP contribution is -2.40. The van der Waals surface area contributed by atoms with E-state index in [1.807, 2.05) is 0 Å². The van der Waals surface area contributed by atoms with Crippen LogP contribution in [0.5, 0.6) is 0 Å². The molecule has 14 heavy (non-hydrogen) atoms. The summed E-state index contributed by atoms with van der Waals surface area (Å²) in [5.74, 6) is 0.740. The van der Waals surface area contributed by atoms with Crippen molar-refractivity contribution in [2.45, 2.75) is 65.2 Å². The molecule has 3 unspecified atom stereocenters. The SMILES string of the molecule is CC(C)CC(C)OC1CCNC(C)C1. The van der Waals surface area contributed by atoms with Crippen LogP contribution >= 0.6 is 0 Å². The number of hydrogen-bond donors (Lipinski definition) is 1. The highest BCUT2D eigenvalue weighted by Crippen LogP contribution is 2.17. The Morgan fingerprint density at radius 1 is 1.36 bits per heavy atom. The van der Waals surface area contributed by atoms with Crippen molar-refractivity contribution in [1.82, 2.24) is 5.32 Å². The molecule has 1 fully saturated rings. The summed E-state index contributed by atoms with van der Waals surface area (Å²) in [7, 11) is 0. The summed E-state index contributed by atoms with van der Waals surface area (Å²) < 4.78 is 6.03. The van der Waals surface area contributed by atoms with Crippen molar-refractivity contribution in [2.75, 3.05) is 6.54 Å². The van der Waals surface area contributed by atoms with E-state index in [-0.39, 0.29) is 0 Å². The van der Waals surface area contributed by atoms with Gasteiger partial charge < -0.3 is 10.1 Å². The minimum Gasteiger partial charge on any atom is -0.375 e. The molecule has 0 aromatic carbocycles. The monoisotopic (exact) mass is 199 g/mol. The number of piperidine rings is 1. The molecule has 0 amide bonds. The van der Waals surface area contributed by atoms with Crippen molar-refractivity contribution < 1.29 is 4.74 Å². The molecule has 1 saturated heterocycles. The minimum absolute atomic E-state index is 0.422. The topological polar surface area (TPSA) is 21.3 Å². The van der Waals surface area contributed by atoms with Crippen molar-refractivity contribution in [3.05, 3.63) is 0 Å². The van der Waals surface area contributed by atoms with Crippen LogP contribution in [0.1, 0.15) is 47.0 Å².